The van der Waals surface area contributed by atoms with Gasteiger partial charge < -0.3 is 4.90 Å². The van der Waals surface area contributed by atoms with Crippen LogP contribution in [0.2, 0.25) is 5.02 Å². The Bertz CT molecular complexity index is 1410. The second-order valence-electron chi connectivity index (χ2n) is 9.31. The van der Waals surface area contributed by atoms with Crippen LogP contribution in [-0.4, -0.2) is 41.0 Å². The number of fused-ring (bicyclic) bond motifs is 1. The van der Waals surface area contributed by atoms with Crippen molar-refractivity contribution in [2.75, 3.05) is 31.1 Å². The molecule has 3 aromatic rings. The molecule has 13 heteroatoms. The lowest BCUT2D eigenvalue weighted by Crippen LogP contribution is -2.59. The van der Waals surface area contributed by atoms with Gasteiger partial charge in [-0.05, 0) is 42.0 Å². The van der Waals surface area contributed by atoms with Gasteiger partial charge in [0, 0.05) is 38.8 Å². The number of nitrogens with zero attached hydrogens (tertiary/aromatic N) is 4. The molecule has 7 nitrogen and oxygen atoms in total. The van der Waals surface area contributed by atoms with Gasteiger partial charge in [-0.2, -0.15) is 18.2 Å². The van der Waals surface area contributed by atoms with Crippen LogP contribution in [0.25, 0.3) is 10.1 Å². The molecule has 0 saturated carbocycles. The zero-order chi connectivity index (χ0) is 25.8. The van der Waals surface area contributed by atoms with Crippen molar-refractivity contribution in [3.63, 3.8) is 0 Å². The molecule has 0 radical (unpaired) electrons. The van der Waals surface area contributed by atoms with E-state index in [-0.39, 0.29) is 20.3 Å². The molecule has 0 unspecified atom stereocenters. The average molecular weight is 543 g/mol. The summed E-state index contributed by atoms with van der Waals surface area (Å²) in [4.78, 5) is 31.2. The van der Waals surface area contributed by atoms with Gasteiger partial charge in [-0.3, -0.25) is 19.8 Å². The van der Waals surface area contributed by atoms with E-state index < -0.39 is 39.1 Å². The summed E-state index contributed by atoms with van der Waals surface area (Å²) in [7, 11) is 0. The van der Waals surface area contributed by atoms with E-state index in [0.29, 0.717) is 31.8 Å². The Morgan fingerprint density at radius 3 is 2.47 bits per heavy atom. The van der Waals surface area contributed by atoms with E-state index in [4.69, 9.17) is 11.6 Å². The largest absolute Gasteiger partial charge is 0.416 e. The number of rotatable bonds is 4. The molecule has 2 aliphatic rings. The standard InChI is InChI=1S/C23H19ClF4N4O3S/c24-16-2-1-13(7-17(16)25)10-30-11-22(12-30)3-5-31(6-4-22)21-29-20(33)15-8-14(23(26,27)28)9-18(32(34)35)19(15)36-21/h1-2,7-9H,3-6,10-12H2. The van der Waals surface area contributed by atoms with Crippen molar-refractivity contribution in [2.45, 2.75) is 25.6 Å². The van der Waals surface area contributed by atoms with Crippen LogP contribution in [0.1, 0.15) is 24.0 Å². The Morgan fingerprint density at radius 1 is 1.17 bits per heavy atom. The second kappa shape index (κ2) is 8.93. The minimum Gasteiger partial charge on any atom is -0.348 e. The van der Waals surface area contributed by atoms with Gasteiger partial charge in [0.2, 0.25) is 0 Å². The Balaban J connectivity index is 1.30. The van der Waals surface area contributed by atoms with Crippen molar-refractivity contribution in [1.29, 1.82) is 0 Å². The van der Waals surface area contributed by atoms with E-state index in [1.165, 1.54) is 12.1 Å². The highest BCUT2D eigenvalue weighted by atomic mass is 35.5. The number of nitro groups is 1. The number of anilines is 1. The molecule has 5 rings (SSSR count). The molecule has 36 heavy (non-hydrogen) atoms. The average Bonchev–Trinajstić information content (AvgIpc) is 2.79. The molecule has 0 bridgehead atoms. The maximum atomic E-state index is 13.7. The van der Waals surface area contributed by atoms with Crippen molar-refractivity contribution < 1.29 is 22.5 Å². The van der Waals surface area contributed by atoms with Crippen molar-refractivity contribution in [3.8, 4) is 0 Å². The number of benzene rings is 2. The van der Waals surface area contributed by atoms with Gasteiger partial charge in [-0.1, -0.05) is 29.0 Å². The molecule has 1 spiro atoms. The monoisotopic (exact) mass is 542 g/mol. The molecule has 0 N–H and O–H groups in total. The molecule has 0 amide bonds. The van der Waals surface area contributed by atoms with Crippen LogP contribution < -0.4 is 10.5 Å². The lowest BCUT2D eigenvalue weighted by molar-refractivity contribution is -0.383. The summed E-state index contributed by atoms with van der Waals surface area (Å²) >= 11 is 6.60. The lowest BCUT2D eigenvalue weighted by atomic mass is 9.72. The Morgan fingerprint density at radius 2 is 1.86 bits per heavy atom. The third-order valence-electron chi connectivity index (χ3n) is 6.82. The van der Waals surface area contributed by atoms with Gasteiger partial charge in [0.25, 0.3) is 11.2 Å². The normalized spacial score (nSPS) is 18.0. The SMILES string of the molecule is O=c1nc(N2CCC3(CC2)CN(Cc2ccc(Cl)c(F)c2)C3)sc2c([N+](=O)[O-])cc(C(F)(F)F)cc12. The van der Waals surface area contributed by atoms with Gasteiger partial charge in [0.1, 0.15) is 10.5 Å². The summed E-state index contributed by atoms with van der Waals surface area (Å²) in [6.07, 6.45) is -3.23. The topological polar surface area (TPSA) is 79.6 Å². The van der Waals surface area contributed by atoms with Crippen LogP contribution in [0.15, 0.2) is 35.1 Å². The number of alkyl halides is 3. The number of non-ortho nitro benzene ring substituents is 1. The number of aromatic nitrogens is 1. The fraction of sp³-hybridized carbons (Fsp3) is 0.391. The van der Waals surface area contributed by atoms with Crippen molar-refractivity contribution >= 4 is 43.8 Å². The predicted octanol–water partition coefficient (Wildman–Crippen LogP) is 5.48. The minimum atomic E-state index is -4.83. The minimum absolute atomic E-state index is 0.0802. The number of halogens is 5. The molecule has 2 aromatic carbocycles. The van der Waals surface area contributed by atoms with Gasteiger partial charge in [0.05, 0.1) is 20.9 Å². The summed E-state index contributed by atoms with van der Waals surface area (Å²) in [6.45, 7) is 3.39. The molecule has 0 atom stereocenters. The molecule has 2 fully saturated rings. The van der Waals surface area contributed by atoms with E-state index >= 15 is 0 Å². The summed E-state index contributed by atoms with van der Waals surface area (Å²) in [5.74, 6) is -0.450. The number of hydrogen-bond acceptors (Lipinski definition) is 7. The number of nitro benzene ring substituents is 1. The van der Waals surface area contributed by atoms with Crippen LogP contribution in [0.4, 0.5) is 28.4 Å². The number of hydrogen-bond donors (Lipinski definition) is 0. The van der Waals surface area contributed by atoms with Crippen LogP contribution in [0.5, 0.6) is 0 Å². The van der Waals surface area contributed by atoms with Gasteiger partial charge >= 0.3 is 6.18 Å². The highest BCUT2D eigenvalue weighted by Gasteiger charge is 2.45. The molecule has 0 aliphatic carbocycles. The van der Waals surface area contributed by atoms with E-state index in [1.807, 2.05) is 4.90 Å². The Kier molecular flexibility index (Phi) is 6.16. The summed E-state index contributed by atoms with van der Waals surface area (Å²) in [5.41, 5.74) is -2.01. The first-order valence-electron chi connectivity index (χ1n) is 11.1. The molecule has 190 valence electrons. The first-order chi connectivity index (χ1) is 16.9. The number of piperidine rings is 1. The Hall–Kier alpha value is -2.83. The highest BCUT2D eigenvalue weighted by Crippen LogP contribution is 2.43. The third kappa shape index (κ3) is 4.64. The smallest absolute Gasteiger partial charge is 0.348 e. The molecule has 2 aliphatic heterocycles. The highest BCUT2D eigenvalue weighted by molar-refractivity contribution is 7.22. The molecular weight excluding hydrogens is 524 g/mol. The van der Waals surface area contributed by atoms with Crippen LogP contribution in [0, 0.1) is 21.3 Å². The van der Waals surface area contributed by atoms with E-state index in [0.717, 1.165) is 42.8 Å². The van der Waals surface area contributed by atoms with E-state index in [9.17, 15) is 32.5 Å². The quantitative estimate of drug-likeness (QED) is 0.247. The van der Waals surface area contributed by atoms with E-state index in [1.54, 1.807) is 6.07 Å². The molecule has 3 heterocycles. The maximum absolute atomic E-state index is 13.7. The zero-order valence-corrected chi connectivity index (χ0v) is 20.2. The summed E-state index contributed by atoms with van der Waals surface area (Å²) < 4.78 is 53.1. The Labute approximate surface area is 211 Å². The van der Waals surface area contributed by atoms with Crippen LogP contribution in [-0.2, 0) is 12.7 Å². The van der Waals surface area contributed by atoms with Crippen LogP contribution in [0.3, 0.4) is 0 Å². The third-order valence-corrected chi connectivity index (χ3v) is 8.29. The maximum Gasteiger partial charge on any atom is 0.416 e. The lowest BCUT2D eigenvalue weighted by Gasteiger charge is -2.54. The van der Waals surface area contributed by atoms with Crippen LogP contribution >= 0.6 is 22.9 Å². The fourth-order valence-electron chi connectivity index (χ4n) is 4.97. The molecule has 2 saturated heterocycles. The van der Waals surface area contributed by atoms with Gasteiger partial charge in [-0.15, -0.1) is 0 Å². The van der Waals surface area contributed by atoms with Gasteiger partial charge in [0.15, 0.2) is 5.13 Å². The van der Waals surface area contributed by atoms with Gasteiger partial charge in [-0.25, -0.2) is 4.39 Å². The number of likely N-dealkylation sites (tertiary alicyclic amines) is 1. The predicted molar refractivity (Wildman–Crippen MR) is 128 cm³/mol. The second-order valence-corrected chi connectivity index (χ2v) is 10.7. The summed E-state index contributed by atoms with van der Waals surface area (Å²) in [5, 5.41) is 11.4. The van der Waals surface area contributed by atoms with Crippen molar-refractivity contribution in [2.24, 2.45) is 5.41 Å². The van der Waals surface area contributed by atoms with Crippen molar-refractivity contribution in [1.82, 2.24) is 9.88 Å². The first-order valence-corrected chi connectivity index (χ1v) is 12.3. The fourth-order valence-corrected chi connectivity index (χ4v) is 6.21. The summed E-state index contributed by atoms with van der Waals surface area (Å²) in [6, 6.07) is 5.85. The zero-order valence-electron chi connectivity index (χ0n) is 18.6. The molecular formula is C23H19ClF4N4O3S. The molecule has 1 aromatic heterocycles. The first kappa shape index (κ1) is 24.8. The van der Waals surface area contributed by atoms with E-state index in [2.05, 4.69) is 9.88 Å². The van der Waals surface area contributed by atoms with Crippen molar-refractivity contribution in [3.05, 3.63) is 72.8 Å².